The first kappa shape index (κ1) is 16.5. The molecule has 0 saturated heterocycles. The van der Waals surface area contributed by atoms with Gasteiger partial charge in [-0.2, -0.15) is 0 Å². The maximum atomic E-state index is 12.0. The van der Waals surface area contributed by atoms with Gasteiger partial charge in [0.05, 0.1) is 12.9 Å². The number of sulfonamides is 1. The highest BCUT2D eigenvalue weighted by molar-refractivity contribution is 7.89. The number of benzene rings is 1. The van der Waals surface area contributed by atoms with Gasteiger partial charge >= 0.3 is 5.97 Å². The van der Waals surface area contributed by atoms with Gasteiger partial charge in [-0.15, -0.1) is 0 Å². The van der Waals surface area contributed by atoms with Gasteiger partial charge in [-0.1, -0.05) is 12.1 Å². The second-order valence-corrected chi connectivity index (χ2v) is 6.61. The molecule has 0 aliphatic heterocycles. The lowest BCUT2D eigenvalue weighted by molar-refractivity contribution is -0.140. The van der Waals surface area contributed by atoms with Crippen LogP contribution in [0.25, 0.3) is 0 Å². The van der Waals surface area contributed by atoms with Crippen molar-refractivity contribution in [1.29, 1.82) is 0 Å². The molecule has 7 heteroatoms. The number of rotatable bonds is 7. The van der Waals surface area contributed by atoms with E-state index in [1.165, 1.54) is 30.6 Å². The number of hydrogen-bond donors (Lipinski definition) is 1. The fraction of sp³-hybridized carbons (Fsp3) is 0.462. The topological polar surface area (TPSA) is 83.9 Å². The Morgan fingerprint density at radius 2 is 1.90 bits per heavy atom. The van der Waals surface area contributed by atoms with Gasteiger partial charge in [-0.3, -0.25) is 4.79 Å². The van der Waals surface area contributed by atoms with Crippen LogP contribution in [-0.4, -0.2) is 43.7 Å². The number of carbonyl (C=O) groups excluding carboxylic acids is 1. The Bertz CT molecular complexity index is 538. The lowest BCUT2D eigenvalue weighted by Crippen LogP contribution is -2.29. The van der Waals surface area contributed by atoms with Crippen molar-refractivity contribution in [2.75, 3.05) is 19.9 Å². The zero-order chi connectivity index (χ0) is 15.2. The van der Waals surface area contributed by atoms with Crippen molar-refractivity contribution in [2.45, 2.75) is 19.4 Å². The molecule has 0 atom stereocenters. The molecule has 0 radical (unpaired) electrons. The van der Waals surface area contributed by atoms with Gasteiger partial charge in [0.25, 0.3) is 0 Å². The molecule has 1 aromatic rings. The summed E-state index contributed by atoms with van der Waals surface area (Å²) in [6, 6.07) is 6.34. The lowest BCUT2D eigenvalue weighted by atomic mass is 10.2. The number of ether oxygens (including phenoxy) is 1. The number of methoxy groups -OCH3 is 1. The Kier molecular flexibility index (Phi) is 5.97. The summed E-state index contributed by atoms with van der Waals surface area (Å²) in [7, 11) is -0.651. The number of nitrogens with zero attached hydrogens (tertiary/aromatic N) is 1. The number of phenols is 1. The summed E-state index contributed by atoms with van der Waals surface area (Å²) in [5.74, 6) is -0.379. The fourth-order valence-corrected chi connectivity index (χ4v) is 2.78. The van der Waals surface area contributed by atoms with Crippen molar-refractivity contribution in [3.8, 4) is 5.75 Å². The first-order chi connectivity index (χ1) is 9.35. The molecule has 112 valence electrons. The highest BCUT2D eigenvalue weighted by Crippen LogP contribution is 2.13. The largest absolute Gasteiger partial charge is 0.508 e. The van der Waals surface area contributed by atoms with Gasteiger partial charge in [0.15, 0.2) is 0 Å². The quantitative estimate of drug-likeness (QED) is 0.763. The van der Waals surface area contributed by atoms with Crippen LogP contribution in [0.2, 0.25) is 0 Å². The van der Waals surface area contributed by atoms with Crippen molar-refractivity contribution in [3.05, 3.63) is 29.8 Å². The van der Waals surface area contributed by atoms with E-state index in [0.717, 1.165) is 5.56 Å². The molecule has 0 bridgehead atoms. The lowest BCUT2D eigenvalue weighted by Gasteiger charge is -2.17. The highest BCUT2D eigenvalue weighted by Gasteiger charge is 2.18. The Morgan fingerprint density at radius 1 is 1.30 bits per heavy atom. The van der Waals surface area contributed by atoms with Crippen LogP contribution < -0.4 is 0 Å². The summed E-state index contributed by atoms with van der Waals surface area (Å²) >= 11 is 0. The fourth-order valence-electron chi connectivity index (χ4n) is 1.61. The van der Waals surface area contributed by atoms with Crippen molar-refractivity contribution in [1.82, 2.24) is 4.31 Å². The minimum absolute atomic E-state index is 0.0861. The molecule has 1 rings (SSSR count). The molecule has 6 nitrogen and oxygen atoms in total. The summed E-state index contributed by atoms with van der Waals surface area (Å²) in [4.78, 5) is 10.9. The Balaban J connectivity index is 2.54. The Morgan fingerprint density at radius 3 is 2.45 bits per heavy atom. The predicted molar refractivity (Wildman–Crippen MR) is 74.6 cm³/mol. The van der Waals surface area contributed by atoms with E-state index in [4.69, 9.17) is 5.11 Å². The first-order valence-electron chi connectivity index (χ1n) is 6.14. The second-order valence-electron chi connectivity index (χ2n) is 4.42. The molecule has 0 unspecified atom stereocenters. The molecule has 1 N–H and O–H groups in total. The average molecular weight is 301 g/mol. The van der Waals surface area contributed by atoms with E-state index in [2.05, 4.69) is 4.74 Å². The third-order valence-corrected chi connectivity index (χ3v) is 4.71. The van der Waals surface area contributed by atoms with Gasteiger partial charge in [0, 0.05) is 20.0 Å². The van der Waals surface area contributed by atoms with E-state index in [9.17, 15) is 13.2 Å². The number of carbonyl (C=O) groups is 1. The molecule has 0 fully saturated rings. The average Bonchev–Trinajstić information content (AvgIpc) is 2.40. The minimum Gasteiger partial charge on any atom is -0.508 e. The molecular formula is C13H19NO5S. The molecule has 0 aromatic heterocycles. The third-order valence-electron chi connectivity index (χ3n) is 2.83. The predicted octanol–water partition coefficient (Wildman–Crippen LogP) is 1.11. The van der Waals surface area contributed by atoms with Crippen LogP contribution >= 0.6 is 0 Å². The van der Waals surface area contributed by atoms with E-state index < -0.39 is 16.0 Å². The summed E-state index contributed by atoms with van der Waals surface area (Å²) in [6.45, 7) is 0.223. The number of phenolic OH excluding ortho intramolecular Hbond substituents is 1. The number of esters is 1. The smallest absolute Gasteiger partial charge is 0.305 e. The first-order valence-corrected chi connectivity index (χ1v) is 7.75. The molecular weight excluding hydrogens is 282 g/mol. The minimum atomic E-state index is -3.41. The standard InChI is InChI=1S/C13H19NO5S/c1-14(10-11-5-7-12(15)8-6-11)20(17,18)9-3-4-13(16)19-2/h5-8,15H,3-4,9-10H2,1-2H3. The summed E-state index contributed by atoms with van der Waals surface area (Å²) < 4.78 is 29.7. The highest BCUT2D eigenvalue weighted by atomic mass is 32.2. The van der Waals surface area contributed by atoms with Crippen LogP contribution in [0.3, 0.4) is 0 Å². The van der Waals surface area contributed by atoms with Crippen LogP contribution in [-0.2, 0) is 26.1 Å². The van der Waals surface area contributed by atoms with Crippen molar-refractivity contribution >= 4 is 16.0 Å². The second kappa shape index (κ2) is 7.25. The molecule has 20 heavy (non-hydrogen) atoms. The van der Waals surface area contributed by atoms with Crippen LogP contribution in [0.15, 0.2) is 24.3 Å². The van der Waals surface area contributed by atoms with Gasteiger partial charge < -0.3 is 9.84 Å². The summed E-state index contributed by atoms with van der Waals surface area (Å²) in [5, 5.41) is 9.17. The molecule has 0 amide bonds. The zero-order valence-electron chi connectivity index (χ0n) is 11.6. The zero-order valence-corrected chi connectivity index (χ0v) is 12.4. The van der Waals surface area contributed by atoms with Gasteiger partial charge in [0.1, 0.15) is 5.75 Å². The van der Waals surface area contributed by atoms with Crippen molar-refractivity contribution < 1.29 is 23.1 Å². The Labute approximate surface area is 119 Å². The van der Waals surface area contributed by atoms with Crippen LogP contribution in [0.5, 0.6) is 5.75 Å². The number of hydrogen-bond acceptors (Lipinski definition) is 5. The van der Waals surface area contributed by atoms with Crippen LogP contribution in [0.4, 0.5) is 0 Å². The van der Waals surface area contributed by atoms with Crippen molar-refractivity contribution in [3.63, 3.8) is 0 Å². The monoisotopic (exact) mass is 301 g/mol. The molecule has 0 heterocycles. The third kappa shape index (κ3) is 5.18. The molecule has 0 aliphatic rings. The van der Waals surface area contributed by atoms with E-state index in [1.54, 1.807) is 12.1 Å². The molecule has 0 spiro atoms. The number of aromatic hydroxyl groups is 1. The van der Waals surface area contributed by atoms with E-state index in [0.29, 0.717) is 0 Å². The Hall–Kier alpha value is -1.60. The molecule has 0 saturated carbocycles. The van der Waals surface area contributed by atoms with Gasteiger partial charge in [-0.25, -0.2) is 12.7 Å². The van der Waals surface area contributed by atoms with E-state index >= 15 is 0 Å². The molecule has 1 aromatic carbocycles. The summed E-state index contributed by atoms with van der Waals surface area (Å²) in [6.07, 6.45) is 0.317. The SMILES string of the molecule is COC(=O)CCCS(=O)(=O)N(C)Cc1ccc(O)cc1. The maximum Gasteiger partial charge on any atom is 0.305 e. The van der Waals surface area contributed by atoms with Gasteiger partial charge in [0.2, 0.25) is 10.0 Å². The van der Waals surface area contributed by atoms with Gasteiger partial charge in [-0.05, 0) is 24.1 Å². The van der Waals surface area contributed by atoms with Crippen molar-refractivity contribution in [2.24, 2.45) is 0 Å². The molecule has 0 aliphatic carbocycles. The van der Waals surface area contributed by atoms with Crippen LogP contribution in [0.1, 0.15) is 18.4 Å². The maximum absolute atomic E-state index is 12.0. The summed E-state index contributed by atoms with van der Waals surface area (Å²) in [5.41, 5.74) is 0.779. The normalized spacial score (nSPS) is 11.6. The van der Waals surface area contributed by atoms with E-state index in [1.807, 2.05) is 0 Å². The van der Waals surface area contributed by atoms with E-state index in [-0.39, 0.29) is 30.9 Å². The van der Waals surface area contributed by atoms with Crippen LogP contribution in [0, 0.1) is 0 Å².